The van der Waals surface area contributed by atoms with Gasteiger partial charge in [0.2, 0.25) is 0 Å². The molecule has 3 heterocycles. The summed E-state index contributed by atoms with van der Waals surface area (Å²) < 4.78 is 27.3. The van der Waals surface area contributed by atoms with E-state index in [1.54, 1.807) is 12.4 Å². The molecule has 1 atom stereocenters. The van der Waals surface area contributed by atoms with E-state index < -0.39 is 5.92 Å². The largest absolute Gasteiger partial charge is 0.388 e. The van der Waals surface area contributed by atoms with Gasteiger partial charge < -0.3 is 16.0 Å². The zero-order valence-electron chi connectivity index (χ0n) is 15.5. The Kier molecular flexibility index (Phi) is 5.04. The highest BCUT2D eigenvalue weighted by molar-refractivity contribution is 5.88. The highest BCUT2D eigenvalue weighted by Crippen LogP contribution is 2.29. The van der Waals surface area contributed by atoms with E-state index in [9.17, 15) is 8.78 Å². The Labute approximate surface area is 161 Å². The highest BCUT2D eigenvalue weighted by Gasteiger charge is 2.36. The Balaban J connectivity index is 1.62. The predicted molar refractivity (Wildman–Crippen MR) is 107 cm³/mol. The van der Waals surface area contributed by atoms with Gasteiger partial charge in [-0.3, -0.25) is 4.98 Å². The van der Waals surface area contributed by atoms with E-state index in [0.717, 1.165) is 16.9 Å². The lowest BCUT2D eigenvalue weighted by Crippen LogP contribution is -2.45. The highest BCUT2D eigenvalue weighted by atomic mass is 19.3. The normalized spacial score (nSPS) is 18.8. The van der Waals surface area contributed by atoms with Crippen LogP contribution in [0.5, 0.6) is 0 Å². The van der Waals surface area contributed by atoms with Crippen LogP contribution in [0, 0.1) is 5.92 Å². The first kappa shape index (κ1) is 18.5. The Bertz CT molecular complexity index is 961. The second-order valence-electron chi connectivity index (χ2n) is 7.05. The summed E-state index contributed by atoms with van der Waals surface area (Å²) in [6.07, 6.45) is 3.10. The van der Waals surface area contributed by atoms with E-state index >= 15 is 0 Å². The van der Waals surface area contributed by atoms with Crippen LogP contribution in [0.15, 0.2) is 42.7 Å². The number of aromatic nitrogens is 3. The molecule has 1 aliphatic heterocycles. The third-order valence-electron chi connectivity index (χ3n) is 4.89. The van der Waals surface area contributed by atoms with Crippen molar-refractivity contribution in [1.82, 2.24) is 20.3 Å². The average Bonchev–Trinajstić information content (AvgIpc) is 2.71. The lowest BCUT2D eigenvalue weighted by atomic mass is 9.97. The quantitative estimate of drug-likeness (QED) is 0.626. The van der Waals surface area contributed by atoms with Crippen molar-refractivity contribution < 1.29 is 8.78 Å². The second-order valence-corrected chi connectivity index (χ2v) is 7.05. The molecule has 1 unspecified atom stereocenters. The van der Waals surface area contributed by atoms with E-state index in [0.29, 0.717) is 29.9 Å². The van der Waals surface area contributed by atoms with E-state index in [4.69, 9.17) is 4.98 Å². The molecule has 1 aromatic carbocycles. The SMILES string of the molecule is CNc1ccc(-c2cc3nccnc3c(NCC3CNCC(F)(F)C3)n2)cc1. The molecule has 28 heavy (non-hydrogen) atoms. The zero-order valence-corrected chi connectivity index (χ0v) is 15.5. The van der Waals surface area contributed by atoms with E-state index in [1.165, 1.54) is 0 Å². The molecule has 0 bridgehead atoms. The summed E-state index contributed by atoms with van der Waals surface area (Å²) in [4.78, 5) is 13.5. The van der Waals surface area contributed by atoms with E-state index in [-0.39, 0.29) is 18.9 Å². The number of halogens is 2. The molecule has 3 aromatic rings. The van der Waals surface area contributed by atoms with Crippen molar-refractivity contribution in [2.75, 3.05) is 37.3 Å². The number of benzene rings is 1. The molecule has 0 spiro atoms. The van der Waals surface area contributed by atoms with Crippen LogP contribution in [0.25, 0.3) is 22.3 Å². The molecule has 0 radical (unpaired) electrons. The molecule has 0 aliphatic carbocycles. The minimum absolute atomic E-state index is 0.137. The van der Waals surface area contributed by atoms with Crippen LogP contribution in [0.4, 0.5) is 20.3 Å². The number of hydrogen-bond acceptors (Lipinski definition) is 6. The Hall–Kier alpha value is -2.87. The summed E-state index contributed by atoms with van der Waals surface area (Å²) in [7, 11) is 1.87. The van der Waals surface area contributed by atoms with E-state index in [2.05, 4.69) is 25.9 Å². The third kappa shape index (κ3) is 4.01. The second kappa shape index (κ2) is 7.63. The molecule has 146 valence electrons. The van der Waals surface area contributed by atoms with Gasteiger partial charge in [-0.2, -0.15) is 0 Å². The number of hydrogen-bond donors (Lipinski definition) is 3. The molecule has 2 aromatic heterocycles. The maximum absolute atomic E-state index is 13.6. The van der Waals surface area contributed by atoms with Gasteiger partial charge in [-0.1, -0.05) is 12.1 Å². The fraction of sp³-hybridized carbons (Fsp3) is 0.350. The zero-order chi connectivity index (χ0) is 19.6. The molecular formula is C20H22F2N6. The Morgan fingerprint density at radius 1 is 1.18 bits per heavy atom. The van der Waals surface area contributed by atoms with Crippen molar-refractivity contribution in [2.24, 2.45) is 5.92 Å². The van der Waals surface area contributed by atoms with Crippen molar-refractivity contribution in [1.29, 1.82) is 0 Å². The van der Waals surface area contributed by atoms with Gasteiger partial charge in [-0.05, 0) is 24.1 Å². The molecule has 1 aliphatic rings. The minimum atomic E-state index is -2.67. The van der Waals surface area contributed by atoms with Crippen LogP contribution in [-0.2, 0) is 0 Å². The van der Waals surface area contributed by atoms with Crippen LogP contribution in [-0.4, -0.2) is 47.6 Å². The molecule has 0 saturated carbocycles. The van der Waals surface area contributed by atoms with E-state index in [1.807, 2.05) is 37.4 Å². The average molecular weight is 384 g/mol. The lowest BCUT2D eigenvalue weighted by molar-refractivity contribution is -0.0370. The summed E-state index contributed by atoms with van der Waals surface area (Å²) in [6, 6.07) is 9.79. The molecule has 1 fully saturated rings. The molecular weight excluding hydrogens is 362 g/mol. The van der Waals surface area contributed by atoms with Crippen LogP contribution in [0.3, 0.4) is 0 Å². The first-order valence-electron chi connectivity index (χ1n) is 9.26. The summed E-state index contributed by atoms with van der Waals surface area (Å²) in [6.45, 7) is 0.690. The number of anilines is 2. The first-order valence-corrected chi connectivity index (χ1v) is 9.26. The number of fused-ring (bicyclic) bond motifs is 1. The molecule has 6 nitrogen and oxygen atoms in total. The molecule has 1 saturated heterocycles. The molecule has 0 amide bonds. The lowest BCUT2D eigenvalue weighted by Gasteiger charge is -2.30. The van der Waals surface area contributed by atoms with Crippen molar-refractivity contribution in [3.05, 3.63) is 42.7 Å². The Morgan fingerprint density at radius 2 is 1.96 bits per heavy atom. The standard InChI is InChI=1S/C20H22F2N6/c1-23-15-4-2-14(3-5-15)16-8-17-18(26-7-6-25-17)19(28-16)27-11-13-9-20(21,22)12-24-10-13/h2-8,13,23-24H,9-12H2,1H3,(H,27,28). The summed E-state index contributed by atoms with van der Waals surface area (Å²) in [5, 5.41) is 9.12. The van der Waals surface area contributed by atoms with Gasteiger partial charge in [0.25, 0.3) is 5.92 Å². The predicted octanol–water partition coefficient (Wildman–Crippen LogP) is 3.39. The number of piperidine rings is 1. The number of rotatable bonds is 5. The maximum Gasteiger partial charge on any atom is 0.260 e. The molecule has 3 N–H and O–H groups in total. The van der Waals surface area contributed by atoms with Crippen LogP contribution < -0.4 is 16.0 Å². The van der Waals surface area contributed by atoms with Crippen LogP contribution in [0.1, 0.15) is 6.42 Å². The topological polar surface area (TPSA) is 74.8 Å². The summed E-state index contributed by atoms with van der Waals surface area (Å²) in [5.74, 6) is -2.29. The van der Waals surface area contributed by atoms with Gasteiger partial charge >= 0.3 is 0 Å². The Morgan fingerprint density at radius 3 is 2.71 bits per heavy atom. The van der Waals surface area contributed by atoms with Crippen molar-refractivity contribution in [2.45, 2.75) is 12.3 Å². The van der Waals surface area contributed by atoms with Gasteiger partial charge in [0.15, 0.2) is 5.82 Å². The van der Waals surface area contributed by atoms with Crippen molar-refractivity contribution in [3.63, 3.8) is 0 Å². The molecule has 8 heteroatoms. The molecule has 4 rings (SSSR count). The fourth-order valence-electron chi connectivity index (χ4n) is 3.46. The number of nitrogens with zero attached hydrogens (tertiary/aromatic N) is 3. The summed E-state index contributed by atoms with van der Waals surface area (Å²) in [5.41, 5.74) is 4.05. The monoisotopic (exact) mass is 384 g/mol. The maximum atomic E-state index is 13.6. The third-order valence-corrected chi connectivity index (χ3v) is 4.89. The smallest absolute Gasteiger partial charge is 0.260 e. The number of pyridine rings is 1. The van der Waals surface area contributed by atoms with Gasteiger partial charge in [0, 0.05) is 50.2 Å². The fourth-order valence-corrected chi connectivity index (χ4v) is 3.46. The van der Waals surface area contributed by atoms with Gasteiger partial charge in [-0.25, -0.2) is 18.7 Å². The van der Waals surface area contributed by atoms with Gasteiger partial charge in [0.1, 0.15) is 5.52 Å². The number of alkyl halides is 2. The van der Waals surface area contributed by atoms with Crippen molar-refractivity contribution in [3.8, 4) is 11.3 Å². The summed E-state index contributed by atoms with van der Waals surface area (Å²) >= 11 is 0. The van der Waals surface area contributed by atoms with Crippen molar-refractivity contribution >= 4 is 22.5 Å². The van der Waals surface area contributed by atoms with Gasteiger partial charge in [-0.15, -0.1) is 0 Å². The number of nitrogens with one attached hydrogen (secondary N) is 3. The first-order chi connectivity index (χ1) is 13.5. The van der Waals surface area contributed by atoms with Crippen LogP contribution >= 0.6 is 0 Å². The van der Waals surface area contributed by atoms with Crippen LogP contribution in [0.2, 0.25) is 0 Å². The minimum Gasteiger partial charge on any atom is -0.388 e. The van der Waals surface area contributed by atoms with Gasteiger partial charge in [0.05, 0.1) is 17.8 Å².